The van der Waals surface area contributed by atoms with Gasteiger partial charge in [0.05, 0.1) is 16.6 Å². The molecule has 6 heterocycles. The quantitative estimate of drug-likeness (QED) is 0.156. The van der Waals surface area contributed by atoms with E-state index in [2.05, 4.69) is 205 Å². The van der Waals surface area contributed by atoms with E-state index in [1.54, 1.807) is 34.0 Å². The van der Waals surface area contributed by atoms with Crippen LogP contribution in [-0.4, -0.2) is 15.0 Å². The molecule has 0 atom stereocenters. The Morgan fingerprint density at radius 1 is 0.329 bits per heavy atom. The van der Waals surface area contributed by atoms with Crippen molar-refractivity contribution in [3.8, 4) is 65.1 Å². The van der Waals surface area contributed by atoms with Crippen LogP contribution in [0, 0.1) is 59.7 Å². The molecule has 0 fully saturated rings. The van der Waals surface area contributed by atoms with Gasteiger partial charge in [0.1, 0.15) is 0 Å². The zero-order valence-corrected chi connectivity index (χ0v) is 44.6. The molecule has 70 heavy (non-hydrogen) atoms. The number of fused-ring (bicyclic) bond motifs is 3. The normalized spacial score (nSPS) is 10.9. The Labute approximate surface area is 436 Å². The topological polar surface area (TPSA) is 38.7 Å². The molecule has 6 aromatic heterocycles. The minimum absolute atomic E-state index is 0. The average Bonchev–Trinajstić information content (AvgIpc) is 4.15. The van der Waals surface area contributed by atoms with Crippen LogP contribution in [0.4, 0.5) is 0 Å². The van der Waals surface area contributed by atoms with Crippen LogP contribution in [-0.2, 0) is 20.1 Å². The standard InChI is InChI=1S/3C21H16NS.Ir/c3*1-14-8-10-17-18(16-6-4-3-5-7-16)13-20(22-19(17)12-14)21-11-9-15(2)23-21;/h3*3-10,12-13H,1-2H3;/q3*-1;+3. The summed E-state index contributed by atoms with van der Waals surface area (Å²) in [6.07, 6.45) is 0. The van der Waals surface area contributed by atoms with Crippen molar-refractivity contribution in [3.05, 3.63) is 232 Å². The predicted octanol–water partition coefficient (Wildman–Crippen LogP) is 18.1. The van der Waals surface area contributed by atoms with Crippen LogP contribution in [0.3, 0.4) is 0 Å². The third-order valence-electron chi connectivity index (χ3n) is 11.9. The number of hydrogen-bond donors (Lipinski definition) is 0. The molecule has 0 amide bonds. The fourth-order valence-electron chi connectivity index (χ4n) is 8.47. The molecule has 0 N–H and O–H groups in total. The van der Waals surface area contributed by atoms with Gasteiger partial charge in [-0.3, -0.25) is 0 Å². The molecule has 12 aromatic rings. The van der Waals surface area contributed by atoms with Gasteiger partial charge in [-0.15, -0.1) is 0 Å². The van der Waals surface area contributed by atoms with Gasteiger partial charge in [0.15, 0.2) is 0 Å². The van der Waals surface area contributed by atoms with Crippen LogP contribution in [0.15, 0.2) is 182 Å². The molecule has 0 aliphatic carbocycles. The second-order valence-electron chi connectivity index (χ2n) is 17.3. The maximum absolute atomic E-state index is 4.88. The summed E-state index contributed by atoms with van der Waals surface area (Å²) in [7, 11) is 0. The van der Waals surface area contributed by atoms with Crippen molar-refractivity contribution in [3.63, 3.8) is 0 Å². The summed E-state index contributed by atoms with van der Waals surface area (Å²) >= 11 is 5.22. The number of rotatable bonds is 6. The molecule has 0 aliphatic heterocycles. The number of aromatic nitrogens is 3. The molecule has 0 bridgehead atoms. The molecule has 0 unspecified atom stereocenters. The zero-order valence-electron chi connectivity index (χ0n) is 39.7. The minimum atomic E-state index is 0. The van der Waals surface area contributed by atoms with E-state index in [1.165, 1.54) is 80.9 Å². The van der Waals surface area contributed by atoms with Crippen LogP contribution in [0.25, 0.3) is 97.8 Å². The third-order valence-corrected chi connectivity index (χ3v) is 14.8. The molecule has 6 aromatic carbocycles. The van der Waals surface area contributed by atoms with E-state index in [0.29, 0.717) is 0 Å². The summed E-state index contributed by atoms with van der Waals surface area (Å²) in [6.45, 7) is 12.6. The van der Waals surface area contributed by atoms with Gasteiger partial charge in [-0.1, -0.05) is 196 Å². The van der Waals surface area contributed by atoms with Crippen LogP contribution < -0.4 is 0 Å². The number of nitrogens with zero attached hydrogens (tertiary/aromatic N) is 3. The Kier molecular flexibility index (Phi) is 14.9. The summed E-state index contributed by atoms with van der Waals surface area (Å²) in [6, 6.07) is 73.7. The third kappa shape index (κ3) is 10.9. The van der Waals surface area contributed by atoms with E-state index >= 15 is 0 Å². The van der Waals surface area contributed by atoms with E-state index in [1.807, 2.05) is 36.4 Å². The fourth-order valence-corrected chi connectivity index (χ4v) is 10.8. The molecular weight excluding hydrogens is 1090 g/mol. The first-order valence-corrected chi connectivity index (χ1v) is 25.4. The molecule has 0 radical (unpaired) electrons. The Morgan fingerprint density at radius 3 is 0.843 bits per heavy atom. The molecule has 0 saturated carbocycles. The Bertz CT molecular complexity index is 3350. The summed E-state index contributed by atoms with van der Waals surface area (Å²) in [5, 5.41) is 3.58. The summed E-state index contributed by atoms with van der Waals surface area (Å²) < 4.78 is 0. The van der Waals surface area contributed by atoms with Gasteiger partial charge in [0.25, 0.3) is 0 Å². The van der Waals surface area contributed by atoms with Crippen molar-refractivity contribution in [1.82, 2.24) is 15.0 Å². The van der Waals surface area contributed by atoms with E-state index in [-0.39, 0.29) is 20.1 Å². The molecule has 0 saturated heterocycles. The first kappa shape index (κ1) is 48.3. The first-order valence-electron chi connectivity index (χ1n) is 23.0. The predicted molar refractivity (Wildman–Crippen MR) is 296 cm³/mol. The fraction of sp³-hybridized carbons (Fsp3) is 0.0952. The summed E-state index contributed by atoms with van der Waals surface area (Å²) in [5.41, 5.74) is 17.2. The Hall–Kier alpha value is -6.70. The van der Waals surface area contributed by atoms with Crippen molar-refractivity contribution in [2.24, 2.45) is 0 Å². The van der Waals surface area contributed by atoms with Crippen LogP contribution in [0.5, 0.6) is 0 Å². The van der Waals surface area contributed by atoms with Crippen molar-refractivity contribution < 1.29 is 20.1 Å². The average molecular weight is 1140 g/mol. The van der Waals surface area contributed by atoms with E-state index < -0.39 is 0 Å². The molecular formula is C63H48IrN3S3. The molecule has 0 aliphatic rings. The number of pyridine rings is 3. The van der Waals surface area contributed by atoms with E-state index in [9.17, 15) is 0 Å². The van der Waals surface area contributed by atoms with Crippen LogP contribution in [0.2, 0.25) is 0 Å². The Morgan fingerprint density at radius 2 is 0.600 bits per heavy atom. The van der Waals surface area contributed by atoms with Gasteiger partial charge in [0, 0.05) is 16.2 Å². The molecule has 3 nitrogen and oxygen atoms in total. The molecule has 342 valence electrons. The van der Waals surface area contributed by atoms with Gasteiger partial charge in [-0.05, 0) is 106 Å². The first-order chi connectivity index (χ1) is 33.6. The van der Waals surface area contributed by atoms with Crippen molar-refractivity contribution in [1.29, 1.82) is 0 Å². The van der Waals surface area contributed by atoms with Crippen molar-refractivity contribution in [2.75, 3.05) is 0 Å². The van der Waals surface area contributed by atoms with Gasteiger partial charge in [0.2, 0.25) is 0 Å². The van der Waals surface area contributed by atoms with Crippen molar-refractivity contribution in [2.45, 2.75) is 41.5 Å². The van der Waals surface area contributed by atoms with Gasteiger partial charge < -0.3 is 15.0 Å². The second kappa shape index (κ2) is 21.5. The number of hydrogen-bond acceptors (Lipinski definition) is 6. The van der Waals surface area contributed by atoms with Crippen molar-refractivity contribution >= 4 is 66.7 Å². The van der Waals surface area contributed by atoms with Crippen LogP contribution >= 0.6 is 34.0 Å². The second-order valence-corrected chi connectivity index (χ2v) is 21.1. The monoisotopic (exact) mass is 1140 g/mol. The number of benzene rings is 6. The minimum Gasteiger partial charge on any atom is -0.310 e. The maximum atomic E-state index is 4.88. The zero-order chi connectivity index (χ0) is 47.4. The van der Waals surface area contributed by atoms with Gasteiger partial charge in [-0.25, -0.2) is 34.0 Å². The van der Waals surface area contributed by atoms with E-state index in [0.717, 1.165) is 48.3 Å². The Balaban J connectivity index is 0.000000129. The largest absolute Gasteiger partial charge is 3.00 e. The van der Waals surface area contributed by atoms with Crippen LogP contribution in [0.1, 0.15) is 31.3 Å². The molecule has 12 rings (SSSR count). The van der Waals surface area contributed by atoms with E-state index in [4.69, 9.17) is 15.0 Å². The smallest absolute Gasteiger partial charge is 0.310 e. The summed E-state index contributed by atoms with van der Waals surface area (Å²) in [5.74, 6) is 0. The SMILES string of the molecule is Cc1ccc2c(-c3ccccc3)cc(-c3[c-]cc(C)s3)nc2c1.Cc1ccc2c(-c3ccccc3)cc(-c3[c-]cc(C)s3)nc2c1.Cc1ccc2c(-c3ccccc3)cc(-c3[c-]cc(C)s3)nc2c1.[Ir+3]. The number of thiophene rings is 3. The summed E-state index contributed by atoms with van der Waals surface area (Å²) in [4.78, 5) is 21.7. The molecule has 0 spiro atoms. The number of aryl methyl sites for hydroxylation is 6. The maximum Gasteiger partial charge on any atom is 3.00 e. The van der Waals surface area contributed by atoms with Gasteiger partial charge >= 0.3 is 20.1 Å². The molecule has 7 heteroatoms. The van der Waals surface area contributed by atoms with Gasteiger partial charge in [-0.2, -0.15) is 36.4 Å².